The van der Waals surface area contributed by atoms with Crippen LogP contribution in [0, 0.1) is 0 Å². The van der Waals surface area contributed by atoms with Gasteiger partial charge < -0.3 is 5.32 Å². The molecule has 0 bridgehead atoms. The summed E-state index contributed by atoms with van der Waals surface area (Å²) in [5.74, 6) is -0.0280. The minimum Gasteiger partial charge on any atom is -0.309 e. The first-order chi connectivity index (χ1) is 9.65. The number of sulfonamides is 1. The molecule has 2 heterocycles. The molecule has 0 saturated heterocycles. The lowest BCUT2D eigenvalue weighted by molar-refractivity contribution is 0.598. The zero-order valence-corrected chi connectivity index (χ0v) is 12.1. The predicted octanol–water partition coefficient (Wildman–Crippen LogP) is 0.986. The van der Waals surface area contributed by atoms with Gasteiger partial charge in [-0.3, -0.25) is 0 Å². The van der Waals surface area contributed by atoms with Gasteiger partial charge in [0, 0.05) is 17.5 Å². The van der Waals surface area contributed by atoms with E-state index in [2.05, 4.69) is 25.2 Å². The van der Waals surface area contributed by atoms with E-state index in [1.807, 2.05) is 0 Å². The van der Waals surface area contributed by atoms with Gasteiger partial charge in [0.05, 0.1) is 12.4 Å². The molecule has 106 valence electrons. The molecule has 0 spiro atoms. The van der Waals surface area contributed by atoms with Crippen LogP contribution in [0.15, 0.2) is 28.7 Å². The van der Waals surface area contributed by atoms with Gasteiger partial charge in [-0.25, -0.2) is 18.1 Å². The van der Waals surface area contributed by atoms with Gasteiger partial charge in [0.2, 0.25) is 0 Å². The number of anilines is 1. The van der Waals surface area contributed by atoms with Crippen LogP contribution in [-0.4, -0.2) is 29.6 Å². The Bertz CT molecular complexity index is 682. The molecule has 0 atom stereocenters. The third-order valence-corrected chi connectivity index (χ3v) is 5.29. The molecule has 0 aromatic carbocycles. The van der Waals surface area contributed by atoms with Crippen molar-refractivity contribution in [3.63, 3.8) is 0 Å². The summed E-state index contributed by atoms with van der Waals surface area (Å²) in [5, 5.41) is 12.3. The Balaban J connectivity index is 1.78. The zero-order chi connectivity index (χ0) is 14.0. The second-order valence-electron chi connectivity index (χ2n) is 4.44. The fourth-order valence-corrected chi connectivity index (χ4v) is 4.03. The highest BCUT2D eigenvalue weighted by Crippen LogP contribution is 2.25. The van der Waals surface area contributed by atoms with Crippen molar-refractivity contribution in [3.8, 4) is 0 Å². The van der Waals surface area contributed by atoms with Crippen molar-refractivity contribution in [1.82, 2.24) is 20.5 Å². The van der Waals surface area contributed by atoms with Crippen LogP contribution in [0.25, 0.3) is 0 Å². The lowest BCUT2D eigenvalue weighted by atomic mass is 10.4. The van der Waals surface area contributed by atoms with Crippen LogP contribution in [0.3, 0.4) is 0 Å². The molecular formula is C11H13N5O2S2. The Morgan fingerprint density at radius 1 is 1.35 bits per heavy atom. The first-order valence-corrected chi connectivity index (χ1v) is 8.48. The molecular weight excluding hydrogens is 298 g/mol. The fraction of sp³-hybridized carbons (Fsp3) is 0.364. The fourth-order valence-electron chi connectivity index (χ4n) is 1.69. The van der Waals surface area contributed by atoms with E-state index in [1.54, 1.807) is 11.4 Å². The largest absolute Gasteiger partial charge is 0.309 e. The first kappa shape index (κ1) is 13.4. The molecule has 20 heavy (non-hydrogen) atoms. The highest BCUT2D eigenvalue weighted by atomic mass is 32.2. The van der Waals surface area contributed by atoms with E-state index in [4.69, 9.17) is 0 Å². The van der Waals surface area contributed by atoms with Gasteiger partial charge in [0.1, 0.15) is 4.90 Å². The normalized spacial score (nSPS) is 15.2. The number of rotatable bonds is 6. The van der Waals surface area contributed by atoms with Crippen LogP contribution in [0.2, 0.25) is 0 Å². The van der Waals surface area contributed by atoms with Gasteiger partial charge in [-0.1, -0.05) is 0 Å². The molecule has 0 aliphatic heterocycles. The maximum Gasteiger partial charge on any atom is 0.265 e. The minimum atomic E-state index is -3.67. The van der Waals surface area contributed by atoms with E-state index < -0.39 is 10.0 Å². The lowest BCUT2D eigenvalue weighted by Gasteiger charge is -2.07. The van der Waals surface area contributed by atoms with Crippen LogP contribution < -0.4 is 10.0 Å². The molecule has 0 unspecified atom stereocenters. The summed E-state index contributed by atoms with van der Waals surface area (Å²) in [4.78, 5) is 4.86. The van der Waals surface area contributed by atoms with Gasteiger partial charge in [-0.05, 0) is 24.3 Å². The third kappa shape index (κ3) is 3.11. The lowest BCUT2D eigenvalue weighted by Crippen LogP contribution is -2.19. The SMILES string of the molecule is O=S(=O)(Nc1nccnn1)c1ccsc1CNC1CC1. The summed E-state index contributed by atoms with van der Waals surface area (Å²) in [6, 6.07) is 2.12. The highest BCUT2D eigenvalue weighted by molar-refractivity contribution is 7.92. The van der Waals surface area contributed by atoms with Crippen molar-refractivity contribution in [3.05, 3.63) is 28.7 Å². The Kier molecular flexibility index (Phi) is 3.64. The molecule has 2 aromatic rings. The van der Waals surface area contributed by atoms with Crippen LogP contribution in [0.4, 0.5) is 5.95 Å². The Labute approximate surface area is 120 Å². The summed E-state index contributed by atoms with van der Waals surface area (Å²) in [6.45, 7) is 0.562. The number of nitrogens with zero attached hydrogens (tertiary/aromatic N) is 3. The molecule has 1 fully saturated rings. The third-order valence-electron chi connectivity index (χ3n) is 2.83. The molecule has 7 nitrogen and oxygen atoms in total. The van der Waals surface area contributed by atoms with Crippen molar-refractivity contribution in [1.29, 1.82) is 0 Å². The van der Waals surface area contributed by atoms with Gasteiger partial charge in [-0.15, -0.1) is 16.4 Å². The van der Waals surface area contributed by atoms with Gasteiger partial charge >= 0.3 is 0 Å². The minimum absolute atomic E-state index is 0.0280. The van der Waals surface area contributed by atoms with E-state index in [0.717, 1.165) is 17.7 Å². The highest BCUT2D eigenvalue weighted by Gasteiger charge is 2.24. The number of thiophene rings is 1. The number of aromatic nitrogens is 3. The maximum atomic E-state index is 12.3. The smallest absolute Gasteiger partial charge is 0.265 e. The molecule has 1 saturated carbocycles. The Morgan fingerprint density at radius 2 is 2.20 bits per heavy atom. The van der Waals surface area contributed by atoms with Crippen LogP contribution >= 0.6 is 11.3 Å². The first-order valence-electron chi connectivity index (χ1n) is 6.11. The van der Waals surface area contributed by atoms with E-state index in [0.29, 0.717) is 12.6 Å². The van der Waals surface area contributed by atoms with Gasteiger partial charge in [0.25, 0.3) is 16.0 Å². The molecule has 2 N–H and O–H groups in total. The van der Waals surface area contributed by atoms with Crippen molar-refractivity contribution in [2.24, 2.45) is 0 Å². The Morgan fingerprint density at radius 3 is 2.90 bits per heavy atom. The molecule has 3 rings (SSSR count). The quantitative estimate of drug-likeness (QED) is 0.825. The summed E-state index contributed by atoms with van der Waals surface area (Å²) in [5.41, 5.74) is 0. The van der Waals surface area contributed by atoms with Crippen molar-refractivity contribution >= 4 is 27.3 Å². The van der Waals surface area contributed by atoms with Crippen LogP contribution in [0.1, 0.15) is 17.7 Å². The molecule has 0 amide bonds. The number of nitrogens with one attached hydrogen (secondary N) is 2. The van der Waals surface area contributed by atoms with Gasteiger partial charge in [0.15, 0.2) is 0 Å². The topological polar surface area (TPSA) is 96.9 Å². The van der Waals surface area contributed by atoms with Crippen LogP contribution in [0.5, 0.6) is 0 Å². The second-order valence-corrected chi connectivity index (χ2v) is 7.09. The summed E-state index contributed by atoms with van der Waals surface area (Å²) in [6.07, 6.45) is 5.09. The van der Waals surface area contributed by atoms with E-state index in [1.165, 1.54) is 23.7 Å². The number of hydrogen-bond acceptors (Lipinski definition) is 7. The average molecular weight is 311 g/mol. The van der Waals surface area contributed by atoms with Gasteiger partial charge in [-0.2, -0.15) is 5.10 Å². The molecule has 0 radical (unpaired) electrons. The van der Waals surface area contributed by atoms with Crippen molar-refractivity contribution < 1.29 is 8.42 Å². The van der Waals surface area contributed by atoms with E-state index in [-0.39, 0.29) is 10.8 Å². The average Bonchev–Trinajstić information content (AvgIpc) is 3.13. The standard InChI is InChI=1S/C11H13N5O2S2/c17-20(18,16-11-12-4-5-14-15-11)10-3-6-19-9(10)7-13-8-1-2-8/h3-6,8,13H,1-2,7H2,(H,12,15,16). The Hall–Kier alpha value is -1.58. The molecule has 2 aromatic heterocycles. The number of hydrogen-bond donors (Lipinski definition) is 2. The van der Waals surface area contributed by atoms with Crippen molar-refractivity contribution in [2.75, 3.05) is 4.72 Å². The summed E-state index contributed by atoms with van der Waals surface area (Å²) >= 11 is 1.42. The van der Waals surface area contributed by atoms with E-state index >= 15 is 0 Å². The predicted molar refractivity (Wildman–Crippen MR) is 74.8 cm³/mol. The zero-order valence-electron chi connectivity index (χ0n) is 10.5. The summed E-state index contributed by atoms with van der Waals surface area (Å²) in [7, 11) is -3.67. The van der Waals surface area contributed by atoms with E-state index in [9.17, 15) is 8.42 Å². The maximum absolute atomic E-state index is 12.3. The second kappa shape index (κ2) is 5.43. The molecule has 9 heteroatoms. The summed E-state index contributed by atoms with van der Waals surface area (Å²) < 4.78 is 26.9. The van der Waals surface area contributed by atoms with Crippen molar-refractivity contribution in [2.45, 2.75) is 30.3 Å². The molecule has 1 aliphatic rings. The van der Waals surface area contributed by atoms with Crippen LogP contribution in [-0.2, 0) is 16.6 Å². The molecule has 1 aliphatic carbocycles. The monoisotopic (exact) mass is 311 g/mol.